The van der Waals surface area contributed by atoms with Crippen molar-refractivity contribution in [2.75, 3.05) is 11.5 Å². The Kier molecular flexibility index (Phi) is 4.61. The number of benzene rings is 1. The van der Waals surface area contributed by atoms with Crippen molar-refractivity contribution in [2.24, 2.45) is 0 Å². The summed E-state index contributed by atoms with van der Waals surface area (Å²) in [5.74, 6) is 2.17. The molecule has 0 aliphatic rings. The first-order valence-corrected chi connectivity index (χ1v) is 9.28. The number of aromatic nitrogens is 1. The highest BCUT2D eigenvalue weighted by molar-refractivity contribution is 8.00. The minimum absolute atomic E-state index is 1.08. The summed E-state index contributed by atoms with van der Waals surface area (Å²) in [6, 6.07) is 17.2. The monoisotopic (exact) mass is 313 g/mol. The molecule has 1 nitrogen and oxygen atoms in total. The highest BCUT2D eigenvalue weighted by atomic mass is 32.2. The molecule has 0 radical (unpaired) electrons. The van der Waals surface area contributed by atoms with Crippen molar-refractivity contribution in [1.82, 2.24) is 4.40 Å². The van der Waals surface area contributed by atoms with Gasteiger partial charge in [-0.15, -0.1) is 23.5 Å². The molecule has 0 N–H and O–H groups in total. The summed E-state index contributed by atoms with van der Waals surface area (Å²) in [6.45, 7) is 4.44. The zero-order chi connectivity index (χ0) is 14.7. The summed E-state index contributed by atoms with van der Waals surface area (Å²) in [6.07, 6.45) is 2.18. The molecule has 0 bridgehead atoms. The number of rotatable bonds is 5. The van der Waals surface area contributed by atoms with E-state index in [9.17, 15) is 0 Å². The van der Waals surface area contributed by atoms with Gasteiger partial charge in [0.1, 0.15) is 0 Å². The topological polar surface area (TPSA) is 4.41 Å². The first kappa shape index (κ1) is 14.6. The van der Waals surface area contributed by atoms with E-state index in [1.54, 1.807) is 0 Å². The molecular formula is C18H19NS2. The standard InChI is InChI=1S/C18H19NS2/c1-3-20-17-15-12-8-9-13-19(15)18(21-4-2)16(17)14-10-6-5-7-11-14/h5-13H,3-4H2,1-2H3. The van der Waals surface area contributed by atoms with E-state index in [0.717, 1.165) is 11.5 Å². The minimum atomic E-state index is 1.08. The average molecular weight is 313 g/mol. The second kappa shape index (κ2) is 6.63. The molecule has 108 valence electrons. The molecule has 3 rings (SSSR count). The van der Waals surface area contributed by atoms with E-state index in [1.165, 1.54) is 26.6 Å². The Hall–Kier alpha value is -1.32. The normalized spacial score (nSPS) is 11.1. The van der Waals surface area contributed by atoms with Gasteiger partial charge in [0.2, 0.25) is 0 Å². The van der Waals surface area contributed by atoms with E-state index < -0.39 is 0 Å². The number of hydrogen-bond acceptors (Lipinski definition) is 2. The van der Waals surface area contributed by atoms with Crippen LogP contribution in [0.25, 0.3) is 16.6 Å². The van der Waals surface area contributed by atoms with Crippen molar-refractivity contribution >= 4 is 29.0 Å². The molecule has 21 heavy (non-hydrogen) atoms. The van der Waals surface area contributed by atoms with Crippen LogP contribution in [0, 0.1) is 0 Å². The lowest BCUT2D eigenvalue weighted by atomic mass is 10.1. The Balaban J connectivity index is 2.33. The van der Waals surface area contributed by atoms with Gasteiger partial charge in [0.05, 0.1) is 10.5 Å². The van der Waals surface area contributed by atoms with Crippen LogP contribution >= 0.6 is 23.5 Å². The van der Waals surface area contributed by atoms with E-state index >= 15 is 0 Å². The Labute approximate surface area is 134 Å². The van der Waals surface area contributed by atoms with Crippen molar-refractivity contribution < 1.29 is 0 Å². The fraction of sp³-hybridized carbons (Fsp3) is 0.222. The molecule has 3 heteroatoms. The highest BCUT2D eigenvalue weighted by Crippen LogP contribution is 2.43. The van der Waals surface area contributed by atoms with Gasteiger partial charge in [0.15, 0.2) is 0 Å². The molecule has 0 unspecified atom stereocenters. The van der Waals surface area contributed by atoms with Crippen molar-refractivity contribution in [3.05, 3.63) is 54.7 Å². The van der Waals surface area contributed by atoms with Crippen molar-refractivity contribution in [2.45, 2.75) is 23.8 Å². The zero-order valence-corrected chi connectivity index (χ0v) is 14.0. The molecule has 0 saturated carbocycles. The number of fused-ring (bicyclic) bond motifs is 1. The molecule has 0 atom stereocenters. The van der Waals surface area contributed by atoms with E-state index in [1.807, 2.05) is 23.5 Å². The fourth-order valence-corrected chi connectivity index (χ4v) is 4.54. The number of thioether (sulfide) groups is 2. The van der Waals surface area contributed by atoms with Gasteiger partial charge >= 0.3 is 0 Å². The molecule has 0 aliphatic carbocycles. The smallest absolute Gasteiger partial charge is 0.0885 e. The van der Waals surface area contributed by atoms with Crippen LogP contribution in [-0.2, 0) is 0 Å². The van der Waals surface area contributed by atoms with E-state index in [2.05, 4.69) is 73.0 Å². The second-order valence-corrected chi connectivity index (χ2v) is 7.22. The lowest BCUT2D eigenvalue weighted by Gasteiger charge is -2.06. The van der Waals surface area contributed by atoms with Crippen LogP contribution in [0.5, 0.6) is 0 Å². The van der Waals surface area contributed by atoms with Gasteiger partial charge < -0.3 is 4.40 Å². The second-order valence-electron chi connectivity index (χ2n) is 4.70. The van der Waals surface area contributed by atoms with Crippen LogP contribution in [0.2, 0.25) is 0 Å². The first-order valence-electron chi connectivity index (χ1n) is 7.30. The maximum atomic E-state index is 2.34. The highest BCUT2D eigenvalue weighted by Gasteiger charge is 2.19. The van der Waals surface area contributed by atoms with Gasteiger partial charge in [-0.05, 0) is 29.2 Å². The Morgan fingerprint density at radius 1 is 0.857 bits per heavy atom. The van der Waals surface area contributed by atoms with E-state index in [-0.39, 0.29) is 0 Å². The van der Waals surface area contributed by atoms with E-state index in [0.29, 0.717) is 0 Å². The van der Waals surface area contributed by atoms with Gasteiger partial charge in [0.25, 0.3) is 0 Å². The molecule has 0 spiro atoms. The zero-order valence-electron chi connectivity index (χ0n) is 12.4. The first-order chi connectivity index (χ1) is 10.4. The van der Waals surface area contributed by atoms with Crippen LogP contribution in [0.1, 0.15) is 13.8 Å². The van der Waals surface area contributed by atoms with Gasteiger partial charge in [-0.3, -0.25) is 0 Å². The van der Waals surface area contributed by atoms with Crippen molar-refractivity contribution in [3.8, 4) is 11.1 Å². The molecule has 0 amide bonds. The summed E-state index contributed by atoms with van der Waals surface area (Å²) in [5.41, 5.74) is 4.02. The van der Waals surface area contributed by atoms with Crippen LogP contribution in [0.4, 0.5) is 0 Å². The Morgan fingerprint density at radius 3 is 2.29 bits per heavy atom. The molecule has 3 aromatic rings. The Bertz CT molecular complexity index is 689. The predicted octanol–water partition coefficient (Wildman–Crippen LogP) is 5.83. The average Bonchev–Trinajstić information content (AvgIpc) is 2.84. The molecule has 0 fully saturated rings. The lowest BCUT2D eigenvalue weighted by molar-refractivity contribution is 1.05. The van der Waals surface area contributed by atoms with Crippen LogP contribution in [0.3, 0.4) is 0 Å². The summed E-state index contributed by atoms with van der Waals surface area (Å²) in [7, 11) is 0. The summed E-state index contributed by atoms with van der Waals surface area (Å²) >= 11 is 3.86. The third kappa shape index (κ3) is 2.72. The number of nitrogens with zero attached hydrogens (tertiary/aromatic N) is 1. The number of hydrogen-bond donors (Lipinski definition) is 0. The molecule has 2 aromatic heterocycles. The van der Waals surface area contributed by atoms with Gasteiger partial charge in [-0.2, -0.15) is 0 Å². The SMILES string of the molecule is CCSc1c(-c2ccccc2)c(SCC)n2ccccc12. The Morgan fingerprint density at radius 2 is 1.57 bits per heavy atom. The van der Waals surface area contributed by atoms with Crippen LogP contribution < -0.4 is 0 Å². The quantitative estimate of drug-likeness (QED) is 0.546. The van der Waals surface area contributed by atoms with Crippen molar-refractivity contribution in [3.63, 3.8) is 0 Å². The maximum absolute atomic E-state index is 2.34. The van der Waals surface area contributed by atoms with Crippen LogP contribution in [-0.4, -0.2) is 15.9 Å². The van der Waals surface area contributed by atoms with Gasteiger partial charge in [0, 0.05) is 16.7 Å². The van der Waals surface area contributed by atoms with Gasteiger partial charge in [-0.1, -0.05) is 50.2 Å². The molecule has 0 aliphatic heterocycles. The lowest BCUT2D eigenvalue weighted by Crippen LogP contribution is -1.86. The van der Waals surface area contributed by atoms with Crippen molar-refractivity contribution in [1.29, 1.82) is 0 Å². The summed E-state index contributed by atoms with van der Waals surface area (Å²) < 4.78 is 2.34. The van der Waals surface area contributed by atoms with Gasteiger partial charge in [-0.25, -0.2) is 0 Å². The number of pyridine rings is 1. The predicted molar refractivity (Wildman–Crippen MR) is 95.6 cm³/mol. The third-order valence-corrected chi connectivity index (χ3v) is 5.34. The summed E-state index contributed by atoms with van der Waals surface area (Å²) in [4.78, 5) is 1.40. The largest absolute Gasteiger partial charge is 0.310 e. The third-order valence-electron chi connectivity index (χ3n) is 3.38. The summed E-state index contributed by atoms with van der Waals surface area (Å²) in [5, 5.41) is 1.36. The minimum Gasteiger partial charge on any atom is -0.310 e. The molecule has 1 aromatic carbocycles. The van der Waals surface area contributed by atoms with Crippen LogP contribution in [0.15, 0.2) is 64.6 Å². The maximum Gasteiger partial charge on any atom is 0.0885 e. The fourth-order valence-electron chi connectivity index (χ4n) is 2.58. The molecule has 0 saturated heterocycles. The molecule has 2 heterocycles. The molecular weight excluding hydrogens is 294 g/mol. The van der Waals surface area contributed by atoms with E-state index in [4.69, 9.17) is 0 Å².